The van der Waals surface area contributed by atoms with E-state index >= 15 is 0 Å². The van der Waals surface area contributed by atoms with Gasteiger partial charge in [-0.2, -0.15) is 22.0 Å². The van der Waals surface area contributed by atoms with E-state index in [1.165, 1.54) is 12.2 Å². The van der Waals surface area contributed by atoms with Crippen LogP contribution in [0.15, 0.2) is 24.8 Å². The van der Waals surface area contributed by atoms with Crippen LogP contribution < -0.4 is 0 Å². The highest BCUT2D eigenvalue weighted by molar-refractivity contribution is 6.00. The van der Waals surface area contributed by atoms with Crippen molar-refractivity contribution in [3.8, 4) is 0 Å². The largest absolute Gasteiger partial charge is 0.443 e. The quantitative estimate of drug-likeness (QED) is 0.186. The van der Waals surface area contributed by atoms with Gasteiger partial charge in [-0.1, -0.05) is 24.6 Å². The molecule has 1 unspecified atom stereocenters. The van der Waals surface area contributed by atoms with Crippen LogP contribution in [0, 0.1) is 5.92 Å². The topological polar surface area (TPSA) is 55.8 Å². The fraction of sp³-hybridized carbons (Fsp3) is 0.700. The average molecular weight is 459 g/mol. The van der Waals surface area contributed by atoms with E-state index in [4.69, 9.17) is 4.74 Å². The Morgan fingerprint density at radius 2 is 1.77 bits per heavy atom. The maximum atomic E-state index is 12.9. The summed E-state index contributed by atoms with van der Waals surface area (Å²) < 4.78 is 83.3. The highest BCUT2D eigenvalue weighted by atomic mass is 19.4. The van der Waals surface area contributed by atoms with Crippen molar-refractivity contribution >= 4 is 12.0 Å². The number of amides is 2. The van der Waals surface area contributed by atoms with Gasteiger partial charge >= 0.3 is 18.4 Å². The van der Waals surface area contributed by atoms with Crippen LogP contribution in [0.2, 0.25) is 0 Å². The predicted octanol–water partition coefficient (Wildman–Crippen LogP) is 5.56. The van der Waals surface area contributed by atoms with Gasteiger partial charge in [0.2, 0.25) is 5.91 Å². The van der Waals surface area contributed by atoms with Crippen LogP contribution in [0.1, 0.15) is 46.5 Å². The van der Waals surface area contributed by atoms with Gasteiger partial charge in [0.15, 0.2) is 0 Å². The van der Waals surface area contributed by atoms with Crippen molar-refractivity contribution in [2.45, 2.75) is 76.6 Å². The Morgan fingerprint density at radius 3 is 2.29 bits per heavy atom. The molecule has 0 radical (unpaired) electrons. The maximum Gasteiger partial charge on any atom is 0.428 e. The Labute approximate surface area is 177 Å². The third-order valence-electron chi connectivity index (χ3n) is 4.35. The third kappa shape index (κ3) is 7.86. The van der Waals surface area contributed by atoms with Crippen molar-refractivity contribution < 1.29 is 45.4 Å². The molecule has 0 aromatic rings. The van der Waals surface area contributed by atoms with Gasteiger partial charge in [0, 0.05) is 0 Å². The van der Waals surface area contributed by atoms with E-state index in [-0.39, 0.29) is 5.91 Å². The number of hydrogen-bond acceptors (Lipinski definition) is 4. The first-order chi connectivity index (χ1) is 14.1. The molecule has 1 rings (SSSR count). The van der Waals surface area contributed by atoms with Crippen LogP contribution in [0.5, 0.6) is 0 Å². The van der Waals surface area contributed by atoms with Crippen LogP contribution in [-0.4, -0.2) is 53.6 Å². The summed E-state index contributed by atoms with van der Waals surface area (Å²) >= 11 is 0. The number of carbonyl (C=O) groups is 2. The molecule has 1 saturated heterocycles. The van der Waals surface area contributed by atoms with Gasteiger partial charge in [-0.25, -0.2) is 14.1 Å². The Bertz CT molecular complexity index is 672. The zero-order valence-corrected chi connectivity index (χ0v) is 17.6. The number of alkyl halides is 6. The molecular formula is C20H27F6NO4. The molecule has 3 atom stereocenters. The number of allylic oxidation sites excluding steroid dienone is 1. The maximum absolute atomic E-state index is 12.9. The van der Waals surface area contributed by atoms with Crippen LogP contribution in [-0.2, 0) is 14.3 Å². The van der Waals surface area contributed by atoms with Crippen molar-refractivity contribution in [1.29, 1.82) is 0 Å². The van der Waals surface area contributed by atoms with Crippen molar-refractivity contribution in [3.63, 3.8) is 0 Å². The summed E-state index contributed by atoms with van der Waals surface area (Å²) in [6.07, 6.45) is -9.85. The van der Waals surface area contributed by atoms with E-state index in [1.54, 1.807) is 20.8 Å². The molecule has 1 fully saturated rings. The number of unbranched alkanes of at least 4 members (excludes halogenated alkanes) is 2. The number of likely N-dealkylation sites (tertiary alicyclic amines) is 1. The summed E-state index contributed by atoms with van der Waals surface area (Å²) in [5.74, 6) is -0.782. The Hall–Kier alpha value is -2.04. The van der Waals surface area contributed by atoms with Gasteiger partial charge in [0.05, 0.1) is 18.6 Å². The molecule has 1 heterocycles. The molecule has 0 N–H and O–H groups in total. The second kappa shape index (κ2) is 10.5. The van der Waals surface area contributed by atoms with E-state index < -0.39 is 48.7 Å². The summed E-state index contributed by atoms with van der Waals surface area (Å²) in [5, 5.41) is 0. The Balaban J connectivity index is 2.33. The molecular weight excluding hydrogens is 432 g/mol. The van der Waals surface area contributed by atoms with Gasteiger partial charge in [0.25, 0.3) is 6.17 Å². The van der Waals surface area contributed by atoms with Crippen LogP contribution >= 0.6 is 0 Å². The summed E-state index contributed by atoms with van der Waals surface area (Å²) in [6, 6.07) is -0.476. The van der Waals surface area contributed by atoms with Gasteiger partial charge < -0.3 is 9.47 Å². The normalized spacial score (nSPS) is 21.2. The fourth-order valence-corrected chi connectivity index (χ4v) is 2.89. The number of ether oxygens (including phenoxy) is 2. The van der Waals surface area contributed by atoms with Gasteiger partial charge in [-0.15, -0.1) is 6.58 Å². The van der Waals surface area contributed by atoms with Gasteiger partial charge in [0.1, 0.15) is 5.60 Å². The third-order valence-corrected chi connectivity index (χ3v) is 4.35. The van der Waals surface area contributed by atoms with Gasteiger partial charge in [-0.3, -0.25) is 4.79 Å². The van der Waals surface area contributed by atoms with Crippen molar-refractivity contribution in [2.24, 2.45) is 5.92 Å². The molecule has 2 amide bonds. The lowest BCUT2D eigenvalue weighted by Crippen LogP contribution is -2.62. The Kier molecular flexibility index (Phi) is 9.16. The minimum absolute atomic E-state index is 0.365. The van der Waals surface area contributed by atoms with Crippen LogP contribution in [0.25, 0.3) is 0 Å². The van der Waals surface area contributed by atoms with Crippen molar-refractivity contribution in [2.75, 3.05) is 6.61 Å². The van der Waals surface area contributed by atoms with Crippen LogP contribution in [0.3, 0.4) is 0 Å². The first-order valence-corrected chi connectivity index (χ1v) is 9.68. The number of carbonyl (C=O) groups excluding carboxylic acids is 2. The molecule has 5 nitrogen and oxygen atoms in total. The summed E-state index contributed by atoms with van der Waals surface area (Å²) in [4.78, 5) is 25.3. The number of hydrogen-bond donors (Lipinski definition) is 0. The minimum atomic E-state index is -5.71. The number of imide groups is 1. The standard InChI is InChI=1S/C20H27F6NO4/c1-5-14-13(15(28)27(14)17(29)31-18(2,3)4)11-9-7-6-8-10-12-30-20(25,26)16(21)19(22,23)24/h5,8,10,13-14,16H,1,6-7,9,11-12H2,2-4H3/b10-8+/t13-,14+,16?/m1/s1. The number of rotatable bonds is 10. The Morgan fingerprint density at radius 1 is 1.16 bits per heavy atom. The van der Waals surface area contributed by atoms with E-state index in [9.17, 15) is 35.9 Å². The molecule has 0 saturated carbocycles. The van der Waals surface area contributed by atoms with E-state index in [0.29, 0.717) is 25.7 Å². The van der Waals surface area contributed by atoms with E-state index in [1.807, 2.05) is 0 Å². The van der Waals surface area contributed by atoms with E-state index in [2.05, 4.69) is 11.3 Å². The predicted molar refractivity (Wildman–Crippen MR) is 100 cm³/mol. The lowest BCUT2D eigenvalue weighted by atomic mass is 9.83. The van der Waals surface area contributed by atoms with Gasteiger partial charge in [-0.05, 0) is 40.0 Å². The average Bonchev–Trinajstić information content (AvgIpc) is 2.61. The second-order valence-electron chi connectivity index (χ2n) is 8.05. The lowest BCUT2D eigenvalue weighted by Gasteiger charge is -2.44. The molecule has 1 aliphatic rings. The molecule has 178 valence electrons. The summed E-state index contributed by atoms with van der Waals surface area (Å²) in [7, 11) is 0. The first kappa shape index (κ1) is 27.0. The monoisotopic (exact) mass is 459 g/mol. The highest BCUT2D eigenvalue weighted by Gasteiger charge is 2.58. The molecule has 1 aliphatic heterocycles. The molecule has 0 aromatic heterocycles. The molecule has 31 heavy (non-hydrogen) atoms. The molecule has 0 aliphatic carbocycles. The van der Waals surface area contributed by atoms with Crippen LogP contribution in [0.4, 0.5) is 31.1 Å². The summed E-state index contributed by atoms with van der Waals surface area (Å²) in [5.41, 5.74) is -0.744. The minimum Gasteiger partial charge on any atom is -0.443 e. The van der Waals surface area contributed by atoms with Crippen molar-refractivity contribution in [3.05, 3.63) is 24.8 Å². The number of nitrogens with zero attached hydrogens (tertiary/aromatic N) is 1. The SMILES string of the molecule is C=C[C@H]1[C@@H](CCCC/C=C/COC(F)(F)C(F)C(F)(F)F)C(=O)N1C(=O)OC(C)(C)C. The molecule has 11 heteroatoms. The second-order valence-corrected chi connectivity index (χ2v) is 8.05. The molecule has 0 spiro atoms. The number of halogens is 6. The number of β-lactam (4-membered cyclic amide) rings is 1. The van der Waals surface area contributed by atoms with E-state index in [0.717, 1.165) is 11.0 Å². The molecule has 0 bridgehead atoms. The highest BCUT2D eigenvalue weighted by Crippen LogP contribution is 2.36. The fourth-order valence-electron chi connectivity index (χ4n) is 2.89. The molecule has 0 aromatic carbocycles. The van der Waals surface area contributed by atoms with Crippen molar-refractivity contribution in [1.82, 2.24) is 4.90 Å². The summed E-state index contributed by atoms with van der Waals surface area (Å²) in [6.45, 7) is 7.80. The smallest absolute Gasteiger partial charge is 0.428 e. The zero-order chi connectivity index (χ0) is 24.0. The lowest BCUT2D eigenvalue weighted by molar-refractivity contribution is -0.332. The first-order valence-electron chi connectivity index (χ1n) is 9.68. The zero-order valence-electron chi connectivity index (χ0n) is 17.6.